The molecule has 25 heavy (non-hydrogen) atoms. The Morgan fingerprint density at radius 3 is 2.84 bits per heavy atom. The van der Waals surface area contributed by atoms with Crippen molar-refractivity contribution >= 4 is 11.9 Å². The molecule has 0 aliphatic carbocycles. The fourth-order valence-corrected chi connectivity index (χ4v) is 2.98. The Morgan fingerprint density at radius 2 is 2.12 bits per heavy atom. The number of carbonyl (C=O) groups excluding carboxylic acids is 2. The van der Waals surface area contributed by atoms with E-state index in [0.29, 0.717) is 31.1 Å². The van der Waals surface area contributed by atoms with Crippen LogP contribution in [0, 0.1) is 11.7 Å². The predicted octanol–water partition coefficient (Wildman–Crippen LogP) is 2.63. The monoisotopic (exact) mass is 345 g/mol. The van der Waals surface area contributed by atoms with Gasteiger partial charge in [0.25, 0.3) is 5.91 Å². The van der Waals surface area contributed by atoms with E-state index in [1.54, 1.807) is 30.0 Å². The molecule has 1 aliphatic heterocycles. The van der Waals surface area contributed by atoms with Gasteiger partial charge in [0, 0.05) is 18.7 Å². The van der Waals surface area contributed by atoms with E-state index >= 15 is 0 Å². The Labute approximate surface area is 145 Å². The Bertz CT molecular complexity index is 757. The fraction of sp³-hybridized carbons (Fsp3) is 0.389. The lowest BCUT2D eigenvalue weighted by Crippen LogP contribution is -2.43. The van der Waals surface area contributed by atoms with Crippen LogP contribution in [0.25, 0.3) is 11.3 Å². The number of benzene rings is 1. The van der Waals surface area contributed by atoms with Gasteiger partial charge >= 0.3 is 5.97 Å². The number of nitrogens with zero attached hydrogens (tertiary/aromatic N) is 2. The number of likely N-dealkylation sites (tertiary alicyclic amines) is 1. The van der Waals surface area contributed by atoms with Crippen molar-refractivity contribution in [2.75, 3.05) is 19.7 Å². The summed E-state index contributed by atoms with van der Waals surface area (Å²) in [6.45, 7) is 3.05. The summed E-state index contributed by atoms with van der Waals surface area (Å²) < 4.78 is 18.1. The second-order valence-corrected chi connectivity index (χ2v) is 6.02. The number of nitrogens with one attached hydrogen (secondary N) is 1. The van der Waals surface area contributed by atoms with E-state index in [0.717, 1.165) is 18.4 Å². The number of hydrogen-bond acceptors (Lipinski definition) is 4. The third-order valence-corrected chi connectivity index (χ3v) is 4.28. The van der Waals surface area contributed by atoms with E-state index in [1.807, 2.05) is 0 Å². The zero-order chi connectivity index (χ0) is 17.8. The SMILES string of the molecule is CCOC(=O)C1CCCN(C(=O)c2cc(-c3ccc(F)cc3)n[nH]2)C1. The first kappa shape index (κ1) is 17.1. The molecule has 1 amide bonds. The van der Waals surface area contributed by atoms with Gasteiger partial charge in [-0.3, -0.25) is 14.7 Å². The molecule has 3 rings (SSSR count). The molecule has 1 fully saturated rings. The van der Waals surface area contributed by atoms with Crippen LogP contribution in [0.4, 0.5) is 4.39 Å². The van der Waals surface area contributed by atoms with Gasteiger partial charge in [-0.25, -0.2) is 4.39 Å². The summed E-state index contributed by atoms with van der Waals surface area (Å²) >= 11 is 0. The molecule has 0 bridgehead atoms. The van der Waals surface area contributed by atoms with Gasteiger partial charge in [0.05, 0.1) is 18.2 Å². The molecule has 1 aliphatic rings. The van der Waals surface area contributed by atoms with E-state index in [4.69, 9.17) is 4.74 Å². The number of hydrogen-bond donors (Lipinski definition) is 1. The molecule has 1 N–H and O–H groups in total. The minimum absolute atomic E-state index is 0.199. The van der Waals surface area contributed by atoms with Crippen LogP contribution in [0.15, 0.2) is 30.3 Å². The van der Waals surface area contributed by atoms with Crippen molar-refractivity contribution in [3.8, 4) is 11.3 Å². The van der Waals surface area contributed by atoms with Gasteiger partial charge in [-0.1, -0.05) is 0 Å². The number of amides is 1. The summed E-state index contributed by atoms with van der Waals surface area (Å²) in [7, 11) is 0. The number of esters is 1. The number of H-pyrrole nitrogens is 1. The molecule has 1 aromatic carbocycles. The quantitative estimate of drug-likeness (QED) is 0.865. The Kier molecular flexibility index (Phi) is 5.11. The average Bonchev–Trinajstić information content (AvgIpc) is 3.12. The van der Waals surface area contributed by atoms with E-state index < -0.39 is 0 Å². The van der Waals surface area contributed by atoms with E-state index in [2.05, 4.69) is 10.2 Å². The molecule has 2 aromatic rings. The molecule has 7 heteroatoms. The maximum absolute atomic E-state index is 13.0. The fourth-order valence-electron chi connectivity index (χ4n) is 2.98. The summed E-state index contributed by atoms with van der Waals surface area (Å²) in [5, 5.41) is 6.86. The molecule has 2 heterocycles. The molecule has 6 nitrogen and oxygen atoms in total. The van der Waals surface area contributed by atoms with E-state index in [9.17, 15) is 14.0 Å². The minimum Gasteiger partial charge on any atom is -0.466 e. The molecule has 1 atom stereocenters. The number of piperidine rings is 1. The molecule has 0 spiro atoms. The van der Waals surface area contributed by atoms with Gasteiger partial charge in [0.15, 0.2) is 0 Å². The van der Waals surface area contributed by atoms with Crippen molar-refractivity contribution in [3.63, 3.8) is 0 Å². The normalized spacial score (nSPS) is 17.4. The number of ether oxygens (including phenoxy) is 1. The van der Waals surface area contributed by atoms with Crippen molar-refractivity contribution in [1.82, 2.24) is 15.1 Å². The van der Waals surface area contributed by atoms with Crippen molar-refractivity contribution < 1.29 is 18.7 Å². The Morgan fingerprint density at radius 1 is 1.36 bits per heavy atom. The van der Waals surface area contributed by atoms with Crippen LogP contribution in [0.5, 0.6) is 0 Å². The maximum atomic E-state index is 13.0. The summed E-state index contributed by atoms with van der Waals surface area (Å²) in [4.78, 5) is 26.2. The molecule has 1 unspecified atom stereocenters. The number of carbonyl (C=O) groups is 2. The van der Waals surface area contributed by atoms with Crippen molar-refractivity contribution in [3.05, 3.63) is 41.8 Å². The van der Waals surface area contributed by atoms with Crippen LogP contribution in [0.1, 0.15) is 30.3 Å². The highest BCUT2D eigenvalue weighted by Crippen LogP contribution is 2.22. The third kappa shape index (κ3) is 3.87. The van der Waals surface area contributed by atoms with Gasteiger partial charge in [-0.05, 0) is 50.1 Å². The van der Waals surface area contributed by atoms with E-state index in [1.165, 1.54) is 12.1 Å². The molecule has 1 saturated heterocycles. The largest absolute Gasteiger partial charge is 0.466 e. The topological polar surface area (TPSA) is 75.3 Å². The molecule has 1 aromatic heterocycles. The van der Waals surface area contributed by atoms with Crippen LogP contribution in [0.2, 0.25) is 0 Å². The maximum Gasteiger partial charge on any atom is 0.310 e. The summed E-state index contributed by atoms with van der Waals surface area (Å²) in [6, 6.07) is 7.55. The second kappa shape index (κ2) is 7.46. The Hall–Kier alpha value is -2.70. The highest BCUT2D eigenvalue weighted by Gasteiger charge is 2.30. The smallest absolute Gasteiger partial charge is 0.310 e. The second-order valence-electron chi connectivity index (χ2n) is 6.02. The lowest BCUT2D eigenvalue weighted by Gasteiger charge is -2.31. The number of aromatic amines is 1. The third-order valence-electron chi connectivity index (χ3n) is 4.28. The molecule has 132 valence electrons. The highest BCUT2D eigenvalue weighted by molar-refractivity contribution is 5.93. The average molecular weight is 345 g/mol. The molecular formula is C18H20FN3O3. The van der Waals surface area contributed by atoms with E-state index in [-0.39, 0.29) is 23.6 Å². The van der Waals surface area contributed by atoms with Crippen LogP contribution in [-0.2, 0) is 9.53 Å². The van der Waals surface area contributed by atoms with Gasteiger partial charge in [-0.2, -0.15) is 5.10 Å². The number of halogens is 1. The summed E-state index contributed by atoms with van der Waals surface area (Å²) in [5.41, 5.74) is 1.64. The van der Waals surface area contributed by atoms with Crippen LogP contribution in [0.3, 0.4) is 0 Å². The summed E-state index contributed by atoms with van der Waals surface area (Å²) in [5.74, 6) is -1.06. The van der Waals surface area contributed by atoms with Gasteiger partial charge < -0.3 is 9.64 Å². The number of aromatic nitrogens is 2. The van der Waals surface area contributed by atoms with Gasteiger partial charge in [0.2, 0.25) is 0 Å². The zero-order valence-electron chi connectivity index (χ0n) is 14.0. The van der Waals surface area contributed by atoms with Gasteiger partial charge in [-0.15, -0.1) is 0 Å². The minimum atomic E-state index is -0.325. The predicted molar refractivity (Wildman–Crippen MR) is 89.2 cm³/mol. The first-order chi connectivity index (χ1) is 12.1. The van der Waals surface area contributed by atoms with Crippen LogP contribution in [-0.4, -0.2) is 46.7 Å². The van der Waals surface area contributed by atoms with Gasteiger partial charge in [0.1, 0.15) is 11.5 Å². The first-order valence-corrected chi connectivity index (χ1v) is 8.35. The first-order valence-electron chi connectivity index (χ1n) is 8.35. The molecule has 0 saturated carbocycles. The van der Waals surface area contributed by atoms with Crippen molar-refractivity contribution in [1.29, 1.82) is 0 Å². The lowest BCUT2D eigenvalue weighted by molar-refractivity contribution is -0.149. The zero-order valence-corrected chi connectivity index (χ0v) is 14.0. The van der Waals surface area contributed by atoms with Crippen LogP contribution >= 0.6 is 0 Å². The van der Waals surface area contributed by atoms with Crippen LogP contribution < -0.4 is 0 Å². The summed E-state index contributed by atoms with van der Waals surface area (Å²) in [6.07, 6.45) is 1.49. The highest BCUT2D eigenvalue weighted by atomic mass is 19.1. The van der Waals surface area contributed by atoms with Crippen molar-refractivity contribution in [2.45, 2.75) is 19.8 Å². The lowest BCUT2D eigenvalue weighted by atomic mass is 9.98. The molecule has 0 radical (unpaired) electrons. The number of rotatable bonds is 4. The molecular weight excluding hydrogens is 325 g/mol. The van der Waals surface area contributed by atoms with Crippen molar-refractivity contribution in [2.24, 2.45) is 5.92 Å². The standard InChI is InChI=1S/C18H20FN3O3/c1-2-25-18(24)13-4-3-9-22(11-13)17(23)16-10-15(20-21-16)12-5-7-14(19)8-6-12/h5-8,10,13H,2-4,9,11H2,1H3,(H,20,21). The Balaban J connectivity index is 1.70.